The lowest BCUT2D eigenvalue weighted by molar-refractivity contribution is 0.0153. The zero-order valence-corrected chi connectivity index (χ0v) is 7.09. The molecular formula is C7H12F2N2O2. The zero-order chi connectivity index (χ0) is 9.90. The van der Waals surface area contributed by atoms with Crippen LogP contribution in [0.3, 0.4) is 0 Å². The first-order valence-corrected chi connectivity index (χ1v) is 4.07. The van der Waals surface area contributed by atoms with Crippen LogP contribution in [0.1, 0.15) is 6.42 Å². The van der Waals surface area contributed by atoms with Gasteiger partial charge in [0.15, 0.2) is 0 Å². The molecule has 1 rings (SSSR count). The molecular weight excluding hydrogens is 182 g/mol. The van der Waals surface area contributed by atoms with Crippen LogP contribution in [0.4, 0.5) is 13.6 Å². The molecule has 0 aromatic heterocycles. The molecule has 1 saturated heterocycles. The van der Waals surface area contributed by atoms with E-state index in [0.717, 1.165) is 4.90 Å². The number of hydrogen-bond donors (Lipinski definition) is 2. The molecule has 1 fully saturated rings. The zero-order valence-electron chi connectivity index (χ0n) is 7.09. The van der Waals surface area contributed by atoms with Crippen molar-refractivity contribution < 1.29 is 18.7 Å². The Morgan fingerprint density at radius 1 is 1.62 bits per heavy atom. The molecule has 1 aliphatic heterocycles. The van der Waals surface area contributed by atoms with Crippen molar-refractivity contribution in [2.24, 2.45) is 0 Å². The maximum Gasteiger partial charge on any atom is 0.317 e. The molecule has 2 N–H and O–H groups in total. The third-order valence-electron chi connectivity index (χ3n) is 1.84. The van der Waals surface area contributed by atoms with E-state index in [4.69, 9.17) is 5.11 Å². The molecule has 1 aliphatic rings. The number of nitrogens with zero attached hydrogens (tertiary/aromatic N) is 1. The van der Waals surface area contributed by atoms with Gasteiger partial charge in [-0.25, -0.2) is 13.6 Å². The number of nitrogens with one attached hydrogen (secondary N) is 1. The maximum atomic E-state index is 12.6. The molecule has 6 heteroatoms. The van der Waals surface area contributed by atoms with E-state index in [0.29, 0.717) is 0 Å². The predicted molar refractivity (Wildman–Crippen MR) is 41.6 cm³/mol. The molecule has 76 valence electrons. The Balaban J connectivity index is 2.33. The summed E-state index contributed by atoms with van der Waals surface area (Å²) in [7, 11) is 0. The number of urea groups is 1. The molecule has 13 heavy (non-hydrogen) atoms. The number of halogens is 2. The molecule has 0 spiro atoms. The lowest BCUT2D eigenvalue weighted by Gasteiger charge is -2.16. The van der Waals surface area contributed by atoms with E-state index >= 15 is 0 Å². The minimum atomic E-state index is -2.75. The number of carbonyl (C=O) groups excluding carboxylic acids is 1. The first-order chi connectivity index (χ1) is 6.05. The van der Waals surface area contributed by atoms with E-state index in [2.05, 4.69) is 5.32 Å². The summed E-state index contributed by atoms with van der Waals surface area (Å²) in [5.41, 5.74) is 0. The Hall–Kier alpha value is -0.910. The van der Waals surface area contributed by atoms with Crippen molar-refractivity contribution in [2.75, 3.05) is 26.2 Å². The van der Waals surface area contributed by atoms with Gasteiger partial charge in [0.05, 0.1) is 13.2 Å². The summed E-state index contributed by atoms with van der Waals surface area (Å²) in [6.07, 6.45) is -0.278. The molecule has 0 bridgehead atoms. The number of aliphatic hydroxyl groups excluding tert-OH is 1. The minimum Gasteiger partial charge on any atom is -0.395 e. The topological polar surface area (TPSA) is 52.6 Å². The van der Waals surface area contributed by atoms with Gasteiger partial charge in [0.1, 0.15) is 0 Å². The largest absolute Gasteiger partial charge is 0.395 e. The first-order valence-electron chi connectivity index (χ1n) is 4.07. The summed E-state index contributed by atoms with van der Waals surface area (Å²) in [6, 6.07) is -0.536. The number of carbonyl (C=O) groups is 1. The van der Waals surface area contributed by atoms with Crippen LogP contribution in [0.2, 0.25) is 0 Å². The number of likely N-dealkylation sites (tertiary alicyclic amines) is 1. The highest BCUT2D eigenvalue weighted by atomic mass is 19.3. The summed E-state index contributed by atoms with van der Waals surface area (Å²) in [6.45, 7) is -0.536. The molecule has 0 radical (unpaired) electrons. The monoisotopic (exact) mass is 194 g/mol. The van der Waals surface area contributed by atoms with Gasteiger partial charge >= 0.3 is 6.03 Å². The van der Waals surface area contributed by atoms with Gasteiger partial charge in [-0.2, -0.15) is 0 Å². The molecule has 1 heterocycles. The molecule has 0 aromatic carbocycles. The van der Waals surface area contributed by atoms with E-state index in [1.165, 1.54) is 0 Å². The molecule has 0 atom stereocenters. The lowest BCUT2D eigenvalue weighted by atomic mass is 10.3. The van der Waals surface area contributed by atoms with E-state index < -0.39 is 18.5 Å². The van der Waals surface area contributed by atoms with Gasteiger partial charge in [-0.05, 0) is 0 Å². The third kappa shape index (κ3) is 2.80. The average Bonchev–Trinajstić information content (AvgIpc) is 2.42. The van der Waals surface area contributed by atoms with Crippen molar-refractivity contribution >= 4 is 6.03 Å². The molecule has 4 nitrogen and oxygen atoms in total. The Morgan fingerprint density at radius 2 is 2.31 bits per heavy atom. The highest BCUT2D eigenvalue weighted by Gasteiger charge is 2.40. The van der Waals surface area contributed by atoms with Gasteiger partial charge in [-0.15, -0.1) is 0 Å². The summed E-state index contributed by atoms with van der Waals surface area (Å²) < 4.78 is 25.2. The van der Waals surface area contributed by atoms with Crippen molar-refractivity contribution in [3.8, 4) is 0 Å². The van der Waals surface area contributed by atoms with E-state index in [9.17, 15) is 13.6 Å². The van der Waals surface area contributed by atoms with E-state index in [1.54, 1.807) is 0 Å². The maximum absolute atomic E-state index is 12.6. The third-order valence-corrected chi connectivity index (χ3v) is 1.84. The van der Waals surface area contributed by atoms with E-state index in [-0.39, 0.29) is 26.1 Å². The molecule has 0 aliphatic carbocycles. The fraction of sp³-hybridized carbons (Fsp3) is 0.857. The van der Waals surface area contributed by atoms with Crippen molar-refractivity contribution in [2.45, 2.75) is 12.3 Å². The number of rotatable bonds is 2. The summed E-state index contributed by atoms with van der Waals surface area (Å²) >= 11 is 0. The predicted octanol–water partition coefficient (Wildman–Crippen LogP) is 0.0293. The van der Waals surface area contributed by atoms with Gasteiger partial charge in [-0.1, -0.05) is 0 Å². The molecule has 0 unspecified atom stereocenters. The fourth-order valence-corrected chi connectivity index (χ4v) is 1.18. The first kappa shape index (κ1) is 10.2. The SMILES string of the molecule is O=C(NCCO)N1CCC(F)(F)C1. The van der Waals surface area contributed by atoms with Crippen LogP contribution in [0, 0.1) is 0 Å². The van der Waals surface area contributed by atoms with Gasteiger partial charge in [0.2, 0.25) is 0 Å². The van der Waals surface area contributed by atoms with Crippen LogP contribution in [-0.4, -0.2) is 48.2 Å². The fourth-order valence-electron chi connectivity index (χ4n) is 1.18. The summed E-state index contributed by atoms with van der Waals surface area (Å²) in [5, 5.41) is 10.7. The molecule has 0 saturated carbocycles. The van der Waals surface area contributed by atoms with Gasteiger partial charge in [0, 0.05) is 19.5 Å². The Kier molecular flexibility index (Phi) is 3.02. The van der Waals surface area contributed by atoms with Crippen molar-refractivity contribution in [1.82, 2.24) is 10.2 Å². The van der Waals surface area contributed by atoms with Crippen molar-refractivity contribution in [3.63, 3.8) is 0 Å². The quantitative estimate of drug-likeness (QED) is 0.651. The van der Waals surface area contributed by atoms with Crippen LogP contribution >= 0.6 is 0 Å². The standard InChI is InChI=1S/C7H12F2N2O2/c8-7(9)1-3-11(5-7)6(13)10-2-4-12/h12H,1-5H2,(H,10,13). The lowest BCUT2D eigenvalue weighted by Crippen LogP contribution is -2.40. The normalized spacial score (nSPS) is 20.4. The Morgan fingerprint density at radius 3 is 2.77 bits per heavy atom. The van der Waals surface area contributed by atoms with E-state index in [1.807, 2.05) is 0 Å². The molecule has 2 amide bonds. The molecule has 0 aromatic rings. The van der Waals surface area contributed by atoms with Crippen LogP contribution in [0.5, 0.6) is 0 Å². The summed E-state index contributed by atoms with van der Waals surface area (Å²) in [5.74, 6) is -2.75. The van der Waals surface area contributed by atoms with Crippen LogP contribution < -0.4 is 5.32 Å². The van der Waals surface area contributed by atoms with Gasteiger partial charge < -0.3 is 15.3 Å². The van der Waals surface area contributed by atoms with Gasteiger partial charge in [-0.3, -0.25) is 0 Å². The highest BCUT2D eigenvalue weighted by molar-refractivity contribution is 5.74. The highest BCUT2D eigenvalue weighted by Crippen LogP contribution is 2.26. The number of hydrogen-bond acceptors (Lipinski definition) is 2. The summed E-state index contributed by atoms with van der Waals surface area (Å²) in [4.78, 5) is 12.1. The number of aliphatic hydroxyl groups is 1. The van der Waals surface area contributed by atoms with Crippen LogP contribution in [0.25, 0.3) is 0 Å². The number of amides is 2. The number of alkyl halides is 2. The van der Waals surface area contributed by atoms with Crippen molar-refractivity contribution in [1.29, 1.82) is 0 Å². The van der Waals surface area contributed by atoms with Crippen LogP contribution in [0.15, 0.2) is 0 Å². The minimum absolute atomic E-state index is 0.0737. The van der Waals surface area contributed by atoms with Gasteiger partial charge in [0.25, 0.3) is 5.92 Å². The smallest absolute Gasteiger partial charge is 0.317 e. The average molecular weight is 194 g/mol. The van der Waals surface area contributed by atoms with Crippen molar-refractivity contribution in [3.05, 3.63) is 0 Å². The second kappa shape index (κ2) is 3.87. The second-order valence-corrected chi connectivity index (χ2v) is 2.98. The Bertz CT molecular complexity index is 199. The van der Waals surface area contributed by atoms with Crippen LogP contribution in [-0.2, 0) is 0 Å². The second-order valence-electron chi connectivity index (χ2n) is 2.98. The Labute approximate surface area is 74.5 Å².